The summed E-state index contributed by atoms with van der Waals surface area (Å²) >= 11 is 0. The van der Waals surface area contributed by atoms with Crippen LogP contribution in [0.15, 0.2) is 97.1 Å². The Hall–Kier alpha value is -4.19. The molecule has 0 aliphatic heterocycles. The molecule has 0 bridgehead atoms. The van der Waals surface area contributed by atoms with Crippen molar-refractivity contribution in [2.24, 2.45) is 0 Å². The number of nitrogens with zero attached hydrogens (tertiary/aromatic N) is 3. The van der Waals surface area contributed by atoms with Gasteiger partial charge in [-0.2, -0.15) is 9.67 Å². The molecule has 6 heteroatoms. The number of carbonyl (C=O) groups excluding carboxylic acids is 1. The topological polar surface area (TPSA) is 71.8 Å². The van der Waals surface area contributed by atoms with Gasteiger partial charge >= 0.3 is 0 Å². The van der Waals surface area contributed by atoms with E-state index in [-0.39, 0.29) is 11.9 Å². The van der Waals surface area contributed by atoms with Gasteiger partial charge in [0.1, 0.15) is 0 Å². The van der Waals surface area contributed by atoms with Crippen molar-refractivity contribution in [2.75, 3.05) is 17.2 Å². The Bertz CT molecular complexity index is 1120. The van der Waals surface area contributed by atoms with Crippen molar-refractivity contribution < 1.29 is 4.79 Å². The number of aromatic nitrogens is 3. The van der Waals surface area contributed by atoms with Gasteiger partial charge in [-0.25, -0.2) is 0 Å². The van der Waals surface area contributed by atoms with Gasteiger partial charge in [0, 0.05) is 12.1 Å². The fourth-order valence-corrected chi connectivity index (χ4v) is 2.90. The van der Waals surface area contributed by atoms with Gasteiger partial charge in [0.25, 0.3) is 11.9 Å². The summed E-state index contributed by atoms with van der Waals surface area (Å²) in [5, 5.41) is 10.5. The molecule has 0 fully saturated rings. The lowest BCUT2D eigenvalue weighted by atomic mass is 10.2. The van der Waals surface area contributed by atoms with Gasteiger partial charge in [-0.15, -0.1) is 5.10 Å². The summed E-state index contributed by atoms with van der Waals surface area (Å²) in [6, 6.07) is 28.7. The van der Waals surface area contributed by atoms with E-state index in [1.807, 2.05) is 91.0 Å². The number of carbonyl (C=O) groups is 1. The molecule has 0 atom stereocenters. The first-order chi connectivity index (χ1) is 14.8. The first kappa shape index (κ1) is 19.1. The van der Waals surface area contributed by atoms with E-state index in [9.17, 15) is 4.79 Å². The third kappa shape index (κ3) is 4.80. The van der Waals surface area contributed by atoms with Crippen molar-refractivity contribution in [3.8, 4) is 5.69 Å². The molecule has 0 unspecified atom stereocenters. The van der Waals surface area contributed by atoms with Gasteiger partial charge in [0.05, 0.1) is 5.69 Å². The summed E-state index contributed by atoms with van der Waals surface area (Å²) in [5.41, 5.74) is 2.52. The van der Waals surface area contributed by atoms with Crippen LogP contribution in [0.2, 0.25) is 0 Å². The first-order valence-electron chi connectivity index (χ1n) is 9.64. The highest BCUT2D eigenvalue weighted by Crippen LogP contribution is 2.16. The van der Waals surface area contributed by atoms with Crippen molar-refractivity contribution >= 4 is 23.9 Å². The lowest BCUT2D eigenvalue weighted by molar-refractivity contribution is 0.102. The van der Waals surface area contributed by atoms with Crippen LogP contribution < -0.4 is 10.6 Å². The number of anilines is 2. The summed E-state index contributed by atoms with van der Waals surface area (Å²) in [7, 11) is 0. The Morgan fingerprint density at radius 2 is 1.50 bits per heavy atom. The Morgan fingerprint density at radius 1 is 0.867 bits per heavy atom. The summed E-state index contributed by atoms with van der Waals surface area (Å²) in [6.07, 6.45) is 4.05. The third-order valence-electron chi connectivity index (χ3n) is 4.36. The maximum Gasteiger partial charge on any atom is 0.258 e. The van der Waals surface area contributed by atoms with E-state index < -0.39 is 0 Å². The second-order valence-electron chi connectivity index (χ2n) is 6.52. The summed E-state index contributed by atoms with van der Waals surface area (Å²) in [5.74, 6) is 0.529. The Labute approximate surface area is 174 Å². The standard InChI is InChI=1S/C24H21N5O/c30-22(20-14-6-2-7-15-20)26-23-27-24(29(28-23)21-16-8-3-9-17-21)25-18-10-13-19-11-4-1-5-12-19/h1-17H,18H2,(H2,25,26,27,28,30)/b13-10+. The molecule has 4 aromatic rings. The van der Waals surface area contributed by atoms with Crippen molar-refractivity contribution in [3.05, 3.63) is 108 Å². The number of rotatable bonds is 7. The predicted molar refractivity (Wildman–Crippen MR) is 120 cm³/mol. The van der Waals surface area contributed by atoms with Crippen LogP contribution in [0.1, 0.15) is 15.9 Å². The van der Waals surface area contributed by atoms with Crippen molar-refractivity contribution in [1.82, 2.24) is 14.8 Å². The minimum Gasteiger partial charge on any atom is -0.351 e. The van der Waals surface area contributed by atoms with Gasteiger partial charge in [-0.1, -0.05) is 78.9 Å². The highest BCUT2D eigenvalue weighted by atomic mass is 16.1. The maximum atomic E-state index is 12.5. The molecule has 6 nitrogen and oxygen atoms in total. The molecule has 2 N–H and O–H groups in total. The van der Waals surface area contributed by atoms with Crippen LogP contribution >= 0.6 is 0 Å². The average Bonchev–Trinajstić information content (AvgIpc) is 3.21. The SMILES string of the molecule is O=C(Nc1nc(NC/C=C/c2ccccc2)n(-c2ccccc2)n1)c1ccccc1. The Balaban J connectivity index is 1.52. The first-order valence-corrected chi connectivity index (χ1v) is 9.64. The minimum absolute atomic E-state index is 0.238. The summed E-state index contributed by atoms with van der Waals surface area (Å²) in [4.78, 5) is 16.9. The second-order valence-corrected chi connectivity index (χ2v) is 6.52. The third-order valence-corrected chi connectivity index (χ3v) is 4.36. The van der Waals surface area contributed by atoms with Gasteiger partial charge in [0.2, 0.25) is 5.95 Å². The van der Waals surface area contributed by atoms with E-state index in [0.29, 0.717) is 18.1 Å². The zero-order valence-electron chi connectivity index (χ0n) is 16.3. The zero-order valence-corrected chi connectivity index (χ0v) is 16.3. The molecule has 0 saturated heterocycles. The molecule has 0 aliphatic carbocycles. The monoisotopic (exact) mass is 395 g/mol. The average molecular weight is 395 g/mol. The van der Waals surface area contributed by atoms with Crippen LogP contribution in [0.25, 0.3) is 11.8 Å². The molecule has 1 amide bonds. The molecule has 1 aromatic heterocycles. The fourth-order valence-electron chi connectivity index (χ4n) is 2.90. The second kappa shape index (κ2) is 9.34. The maximum absolute atomic E-state index is 12.5. The molecular formula is C24H21N5O. The number of para-hydroxylation sites is 1. The number of hydrogen-bond donors (Lipinski definition) is 2. The van der Waals surface area contributed by atoms with Crippen LogP contribution in [-0.4, -0.2) is 27.2 Å². The summed E-state index contributed by atoms with van der Waals surface area (Å²) < 4.78 is 1.68. The van der Waals surface area contributed by atoms with Gasteiger partial charge in [-0.05, 0) is 29.8 Å². The van der Waals surface area contributed by atoms with Gasteiger partial charge < -0.3 is 5.32 Å². The fraction of sp³-hybridized carbons (Fsp3) is 0.0417. The number of benzene rings is 3. The highest BCUT2D eigenvalue weighted by molar-refractivity contribution is 6.03. The van der Waals surface area contributed by atoms with Gasteiger partial charge in [-0.3, -0.25) is 10.1 Å². The molecule has 3 aromatic carbocycles. The molecule has 30 heavy (non-hydrogen) atoms. The van der Waals surface area contributed by atoms with Crippen LogP contribution in [0.5, 0.6) is 0 Å². The minimum atomic E-state index is -0.253. The smallest absolute Gasteiger partial charge is 0.258 e. The lowest BCUT2D eigenvalue weighted by Gasteiger charge is -2.05. The number of amides is 1. The Kier molecular flexibility index (Phi) is 5.96. The number of hydrogen-bond acceptors (Lipinski definition) is 4. The number of nitrogens with one attached hydrogen (secondary N) is 2. The lowest BCUT2D eigenvalue weighted by Crippen LogP contribution is -2.13. The van der Waals surface area contributed by atoms with Crippen molar-refractivity contribution in [2.45, 2.75) is 0 Å². The van der Waals surface area contributed by atoms with Crippen LogP contribution in [0, 0.1) is 0 Å². The van der Waals surface area contributed by atoms with E-state index in [1.54, 1.807) is 16.8 Å². The quantitative estimate of drug-likeness (QED) is 0.478. The normalized spacial score (nSPS) is 10.8. The van der Waals surface area contributed by atoms with Crippen molar-refractivity contribution in [3.63, 3.8) is 0 Å². The molecule has 0 spiro atoms. The van der Waals surface area contributed by atoms with Crippen LogP contribution in [0.3, 0.4) is 0 Å². The highest BCUT2D eigenvalue weighted by Gasteiger charge is 2.14. The summed E-state index contributed by atoms with van der Waals surface area (Å²) in [6.45, 7) is 0.562. The van der Waals surface area contributed by atoms with Crippen LogP contribution in [0.4, 0.5) is 11.9 Å². The van der Waals surface area contributed by atoms with Crippen LogP contribution in [-0.2, 0) is 0 Å². The largest absolute Gasteiger partial charge is 0.351 e. The molecule has 148 valence electrons. The molecule has 0 radical (unpaired) electrons. The van der Waals surface area contributed by atoms with Gasteiger partial charge in [0.15, 0.2) is 0 Å². The molecule has 0 aliphatic rings. The molecular weight excluding hydrogens is 374 g/mol. The molecule has 4 rings (SSSR count). The van der Waals surface area contributed by atoms with E-state index >= 15 is 0 Å². The van der Waals surface area contributed by atoms with Crippen molar-refractivity contribution in [1.29, 1.82) is 0 Å². The predicted octanol–water partition coefficient (Wildman–Crippen LogP) is 4.64. The van der Waals surface area contributed by atoms with E-state index in [4.69, 9.17) is 0 Å². The Morgan fingerprint density at radius 3 is 2.20 bits per heavy atom. The molecule has 0 saturated carbocycles. The van der Waals surface area contributed by atoms with E-state index in [2.05, 4.69) is 20.7 Å². The van der Waals surface area contributed by atoms with E-state index in [1.165, 1.54) is 0 Å². The van der Waals surface area contributed by atoms with E-state index in [0.717, 1.165) is 11.3 Å². The zero-order chi connectivity index (χ0) is 20.6. The molecule has 1 heterocycles.